The predicted octanol–water partition coefficient (Wildman–Crippen LogP) is 2.56. The van der Waals surface area contributed by atoms with Crippen LogP contribution in [0, 0.1) is 5.82 Å². The molecule has 0 unspecified atom stereocenters. The summed E-state index contributed by atoms with van der Waals surface area (Å²) in [5.41, 5.74) is 0.458. The number of nitrogens with zero attached hydrogens (tertiary/aromatic N) is 1. The van der Waals surface area contributed by atoms with Gasteiger partial charge in [-0.2, -0.15) is 0 Å². The molecule has 0 amide bonds. The number of ether oxygens (including phenoxy) is 2. The molecule has 2 aliphatic rings. The average Bonchev–Trinajstić information content (AvgIpc) is 2.93. The number of benzene rings is 1. The lowest BCUT2D eigenvalue weighted by Gasteiger charge is -2.24. The Kier molecular flexibility index (Phi) is 3.28. The van der Waals surface area contributed by atoms with Crippen molar-refractivity contribution in [1.82, 2.24) is 5.06 Å². The molecule has 1 aromatic carbocycles. The summed E-state index contributed by atoms with van der Waals surface area (Å²) in [4.78, 5) is 5.64. The highest BCUT2D eigenvalue weighted by Gasteiger charge is 2.41. The highest BCUT2D eigenvalue weighted by Crippen LogP contribution is 2.33. The van der Waals surface area contributed by atoms with Crippen molar-refractivity contribution in [2.45, 2.75) is 31.8 Å². The molecule has 4 nitrogen and oxygen atoms in total. The highest BCUT2D eigenvalue weighted by atomic mass is 19.1. The minimum Gasteiger partial charge on any atom is -0.405 e. The van der Waals surface area contributed by atoms with Crippen molar-refractivity contribution in [3.8, 4) is 0 Å². The molecular formula is C15H18FNO3. The van der Waals surface area contributed by atoms with Gasteiger partial charge in [-0.3, -0.25) is 0 Å². The van der Waals surface area contributed by atoms with Crippen molar-refractivity contribution in [1.29, 1.82) is 0 Å². The van der Waals surface area contributed by atoms with Crippen molar-refractivity contribution >= 4 is 5.76 Å². The topological polar surface area (TPSA) is 30.9 Å². The lowest BCUT2D eigenvalue weighted by Crippen LogP contribution is -2.38. The Morgan fingerprint density at radius 1 is 1.30 bits per heavy atom. The van der Waals surface area contributed by atoms with Gasteiger partial charge in [0.15, 0.2) is 11.5 Å². The van der Waals surface area contributed by atoms with Crippen molar-refractivity contribution in [3.05, 3.63) is 41.7 Å². The summed E-state index contributed by atoms with van der Waals surface area (Å²) in [6, 6.07) is 6.48. The predicted molar refractivity (Wildman–Crippen MR) is 71.9 cm³/mol. The van der Waals surface area contributed by atoms with Gasteiger partial charge in [0.2, 0.25) is 0 Å². The fourth-order valence-electron chi connectivity index (χ4n) is 2.53. The van der Waals surface area contributed by atoms with Gasteiger partial charge in [0, 0.05) is 7.05 Å². The lowest BCUT2D eigenvalue weighted by molar-refractivity contribution is -0.158. The summed E-state index contributed by atoms with van der Waals surface area (Å²) in [5.74, 6) is -0.360. The van der Waals surface area contributed by atoms with Crippen LogP contribution in [0.3, 0.4) is 0 Å². The number of hydrogen-bond donors (Lipinski definition) is 0. The van der Waals surface area contributed by atoms with Gasteiger partial charge in [0.05, 0.1) is 18.2 Å². The van der Waals surface area contributed by atoms with E-state index in [1.54, 1.807) is 23.3 Å². The Balaban J connectivity index is 1.83. The van der Waals surface area contributed by atoms with Crippen molar-refractivity contribution in [2.75, 3.05) is 13.7 Å². The second-order valence-electron chi connectivity index (χ2n) is 5.51. The van der Waals surface area contributed by atoms with Crippen LogP contribution >= 0.6 is 0 Å². The number of hydrogen-bond acceptors (Lipinski definition) is 4. The number of rotatable bonds is 2. The second-order valence-corrected chi connectivity index (χ2v) is 5.51. The highest BCUT2D eigenvalue weighted by molar-refractivity contribution is 5.62. The lowest BCUT2D eigenvalue weighted by atomic mass is 10.1. The van der Waals surface area contributed by atoms with E-state index in [-0.39, 0.29) is 18.0 Å². The van der Waals surface area contributed by atoms with Crippen LogP contribution in [0.1, 0.15) is 19.4 Å². The van der Waals surface area contributed by atoms with E-state index in [0.29, 0.717) is 17.9 Å². The van der Waals surface area contributed by atoms with Crippen LogP contribution in [0.5, 0.6) is 0 Å². The van der Waals surface area contributed by atoms with Gasteiger partial charge < -0.3 is 14.3 Å². The summed E-state index contributed by atoms with van der Waals surface area (Å²) < 4.78 is 25.2. The fourth-order valence-corrected chi connectivity index (χ4v) is 2.53. The first kappa shape index (κ1) is 13.5. The van der Waals surface area contributed by atoms with Crippen molar-refractivity contribution in [2.24, 2.45) is 0 Å². The molecule has 0 radical (unpaired) electrons. The van der Waals surface area contributed by atoms with E-state index in [1.165, 1.54) is 6.07 Å². The summed E-state index contributed by atoms with van der Waals surface area (Å²) in [6.45, 7) is 4.25. The van der Waals surface area contributed by atoms with Crippen LogP contribution in [0.2, 0.25) is 0 Å². The molecule has 2 heterocycles. The molecule has 5 heteroatoms. The van der Waals surface area contributed by atoms with E-state index in [9.17, 15) is 4.39 Å². The van der Waals surface area contributed by atoms with Gasteiger partial charge in [-0.25, -0.2) is 4.39 Å². The van der Waals surface area contributed by atoms with Gasteiger partial charge in [-0.15, -0.1) is 5.06 Å². The summed E-state index contributed by atoms with van der Waals surface area (Å²) in [7, 11) is 1.81. The monoisotopic (exact) mass is 279 g/mol. The quantitative estimate of drug-likeness (QED) is 0.832. The summed E-state index contributed by atoms with van der Waals surface area (Å²) in [5, 5.41) is 1.68. The minimum absolute atomic E-state index is 0.0913. The fraction of sp³-hybridized carbons (Fsp3) is 0.467. The number of halogens is 1. The van der Waals surface area contributed by atoms with Gasteiger partial charge in [0.1, 0.15) is 11.9 Å². The van der Waals surface area contributed by atoms with E-state index < -0.39 is 5.79 Å². The first-order chi connectivity index (χ1) is 9.46. The molecule has 3 rings (SSSR count). The molecule has 108 valence electrons. The van der Waals surface area contributed by atoms with E-state index >= 15 is 0 Å². The number of likely N-dealkylation sites (N-methyl/N-ethyl adjacent to an activating group) is 1. The van der Waals surface area contributed by atoms with Gasteiger partial charge in [0.25, 0.3) is 0 Å². The third kappa shape index (κ3) is 2.44. The molecule has 0 N–H and O–H groups in total. The van der Waals surface area contributed by atoms with E-state index in [2.05, 4.69) is 0 Å². The van der Waals surface area contributed by atoms with Gasteiger partial charge >= 0.3 is 0 Å². The maximum Gasteiger partial charge on any atom is 0.163 e. The first-order valence-electron chi connectivity index (χ1n) is 6.65. The van der Waals surface area contributed by atoms with Crippen LogP contribution in [-0.4, -0.2) is 36.7 Å². The zero-order chi connectivity index (χ0) is 14.3. The minimum atomic E-state index is -0.583. The Bertz CT molecular complexity index is 544. The van der Waals surface area contributed by atoms with Crippen LogP contribution in [-0.2, 0) is 14.3 Å². The molecule has 0 saturated carbocycles. The zero-order valence-electron chi connectivity index (χ0n) is 11.8. The smallest absolute Gasteiger partial charge is 0.163 e. The van der Waals surface area contributed by atoms with Gasteiger partial charge in [-0.05, 0) is 32.1 Å². The summed E-state index contributed by atoms with van der Waals surface area (Å²) >= 11 is 0. The molecule has 0 bridgehead atoms. The normalized spacial score (nSPS) is 29.3. The van der Waals surface area contributed by atoms with E-state index in [1.807, 2.05) is 27.0 Å². The van der Waals surface area contributed by atoms with Crippen LogP contribution in [0.25, 0.3) is 5.76 Å². The van der Waals surface area contributed by atoms with E-state index in [0.717, 1.165) is 0 Å². The molecule has 1 aromatic rings. The maximum absolute atomic E-state index is 13.8. The second kappa shape index (κ2) is 4.84. The maximum atomic E-state index is 13.8. The standard InChI is InChI=1S/C15H18FNO3/c1-15(2)18-9-14(19-15)12-8-13(20-17(12)3)10-6-4-5-7-11(10)16/h4-8,12,14H,9H2,1-3H3/t12-,14-/m1/s1. The van der Waals surface area contributed by atoms with Crippen molar-refractivity contribution < 1.29 is 18.7 Å². The number of hydroxylamine groups is 2. The molecule has 0 aromatic heterocycles. The Morgan fingerprint density at radius 2 is 2.05 bits per heavy atom. The SMILES string of the molecule is CN1OC(c2ccccc2F)=C[C@@H]1[C@H]1COC(C)(C)O1. The van der Waals surface area contributed by atoms with E-state index in [4.69, 9.17) is 14.3 Å². The summed E-state index contributed by atoms with van der Waals surface area (Å²) in [6.07, 6.45) is 1.76. The third-order valence-corrected chi connectivity index (χ3v) is 3.53. The third-order valence-electron chi connectivity index (χ3n) is 3.53. The molecule has 0 spiro atoms. The largest absolute Gasteiger partial charge is 0.405 e. The molecule has 1 saturated heterocycles. The molecule has 20 heavy (non-hydrogen) atoms. The molecule has 2 aliphatic heterocycles. The van der Waals surface area contributed by atoms with Crippen LogP contribution < -0.4 is 0 Å². The Morgan fingerprint density at radius 3 is 2.70 bits per heavy atom. The van der Waals surface area contributed by atoms with Crippen molar-refractivity contribution in [3.63, 3.8) is 0 Å². The molecule has 1 fully saturated rings. The Labute approximate surface area is 117 Å². The van der Waals surface area contributed by atoms with Crippen LogP contribution in [0.15, 0.2) is 30.3 Å². The zero-order valence-corrected chi connectivity index (χ0v) is 11.8. The first-order valence-corrected chi connectivity index (χ1v) is 6.65. The molecule has 2 atom stereocenters. The van der Waals surface area contributed by atoms with Crippen LogP contribution in [0.4, 0.5) is 4.39 Å². The average molecular weight is 279 g/mol. The molecule has 0 aliphatic carbocycles. The Hall–Kier alpha value is -1.43. The van der Waals surface area contributed by atoms with Gasteiger partial charge in [-0.1, -0.05) is 12.1 Å². The molecular weight excluding hydrogens is 261 g/mol.